The molecule has 0 aliphatic heterocycles. The number of aryl methyl sites for hydroxylation is 2. The highest BCUT2D eigenvalue weighted by molar-refractivity contribution is 7.18. The molecule has 1 aliphatic carbocycles. The molecule has 102 valence electrons. The summed E-state index contributed by atoms with van der Waals surface area (Å²) in [6, 6.07) is 0.493. The minimum Gasteiger partial charge on any atom is -0.367 e. The molecular weight excluding hydrogens is 278 g/mol. The van der Waals surface area contributed by atoms with E-state index in [2.05, 4.69) is 29.1 Å². The Hall–Kier alpha value is -0.870. The van der Waals surface area contributed by atoms with E-state index in [1.807, 2.05) is 0 Å². The fourth-order valence-electron chi connectivity index (χ4n) is 2.68. The first kappa shape index (κ1) is 13.1. The molecule has 2 aromatic heterocycles. The largest absolute Gasteiger partial charge is 0.367 e. The SMILES string of the molecule is Cc1sc2ncnc(NC3CCC(Cl)CC3)c2c1C. The fraction of sp³-hybridized carbons (Fsp3) is 0.571. The molecule has 0 atom stereocenters. The summed E-state index contributed by atoms with van der Waals surface area (Å²) >= 11 is 7.90. The molecule has 0 unspecified atom stereocenters. The summed E-state index contributed by atoms with van der Waals surface area (Å²) in [6.07, 6.45) is 6.10. The van der Waals surface area contributed by atoms with Crippen molar-refractivity contribution in [2.75, 3.05) is 5.32 Å². The first-order chi connectivity index (χ1) is 9.15. The molecule has 1 N–H and O–H groups in total. The first-order valence-corrected chi connectivity index (χ1v) is 8.01. The first-order valence-electron chi connectivity index (χ1n) is 6.76. The van der Waals surface area contributed by atoms with E-state index in [4.69, 9.17) is 11.6 Å². The van der Waals surface area contributed by atoms with E-state index in [9.17, 15) is 0 Å². The topological polar surface area (TPSA) is 37.8 Å². The summed E-state index contributed by atoms with van der Waals surface area (Å²) < 4.78 is 0. The Balaban J connectivity index is 1.88. The van der Waals surface area contributed by atoms with Crippen LogP contribution in [0.25, 0.3) is 10.2 Å². The van der Waals surface area contributed by atoms with E-state index in [0.29, 0.717) is 11.4 Å². The van der Waals surface area contributed by atoms with Gasteiger partial charge in [0.25, 0.3) is 0 Å². The van der Waals surface area contributed by atoms with Crippen LogP contribution in [0, 0.1) is 13.8 Å². The lowest BCUT2D eigenvalue weighted by Crippen LogP contribution is -2.26. The lowest BCUT2D eigenvalue weighted by atomic mass is 9.95. The van der Waals surface area contributed by atoms with Gasteiger partial charge in [-0.1, -0.05) is 0 Å². The monoisotopic (exact) mass is 295 g/mol. The standard InChI is InChI=1S/C14H18ClN3S/c1-8-9(2)19-14-12(8)13(16-7-17-14)18-11-5-3-10(15)4-6-11/h7,10-11H,3-6H2,1-2H3,(H,16,17,18). The van der Waals surface area contributed by atoms with Crippen LogP contribution in [-0.2, 0) is 0 Å². The second-order valence-corrected chi connectivity index (χ2v) is 7.10. The highest BCUT2D eigenvalue weighted by Crippen LogP contribution is 2.34. The zero-order chi connectivity index (χ0) is 13.4. The van der Waals surface area contributed by atoms with Crippen LogP contribution in [-0.4, -0.2) is 21.4 Å². The Kier molecular flexibility index (Phi) is 3.63. The third kappa shape index (κ3) is 2.56. The number of alkyl halides is 1. The maximum Gasteiger partial charge on any atom is 0.138 e. The van der Waals surface area contributed by atoms with Crippen molar-refractivity contribution in [3.8, 4) is 0 Å². The van der Waals surface area contributed by atoms with Crippen LogP contribution in [0.1, 0.15) is 36.1 Å². The lowest BCUT2D eigenvalue weighted by molar-refractivity contribution is 0.468. The second kappa shape index (κ2) is 5.25. The molecule has 0 amide bonds. The van der Waals surface area contributed by atoms with Gasteiger partial charge in [-0.3, -0.25) is 0 Å². The minimum atomic E-state index is 0.355. The normalized spacial score (nSPS) is 23.7. The van der Waals surface area contributed by atoms with Crippen LogP contribution in [0.5, 0.6) is 0 Å². The average molecular weight is 296 g/mol. The van der Waals surface area contributed by atoms with Gasteiger partial charge in [-0.2, -0.15) is 0 Å². The van der Waals surface area contributed by atoms with E-state index in [1.54, 1.807) is 17.7 Å². The molecular formula is C14H18ClN3S. The van der Waals surface area contributed by atoms with Crippen molar-refractivity contribution in [3.05, 3.63) is 16.8 Å². The molecule has 0 saturated heterocycles. The molecule has 1 fully saturated rings. The summed E-state index contributed by atoms with van der Waals surface area (Å²) in [5.74, 6) is 0.991. The Morgan fingerprint density at radius 2 is 1.95 bits per heavy atom. The van der Waals surface area contributed by atoms with E-state index in [1.165, 1.54) is 15.8 Å². The maximum absolute atomic E-state index is 6.16. The van der Waals surface area contributed by atoms with Crippen LogP contribution in [0.15, 0.2) is 6.33 Å². The number of aromatic nitrogens is 2. The number of nitrogens with one attached hydrogen (secondary N) is 1. The van der Waals surface area contributed by atoms with Crippen molar-refractivity contribution in [2.45, 2.75) is 50.9 Å². The van der Waals surface area contributed by atoms with Crippen LogP contribution >= 0.6 is 22.9 Å². The number of nitrogens with zero attached hydrogens (tertiary/aromatic N) is 2. The number of rotatable bonds is 2. The molecule has 19 heavy (non-hydrogen) atoms. The number of hydrogen-bond acceptors (Lipinski definition) is 4. The fourth-order valence-corrected chi connectivity index (χ4v) is 3.93. The third-order valence-electron chi connectivity index (χ3n) is 3.96. The van der Waals surface area contributed by atoms with Crippen LogP contribution in [0.3, 0.4) is 0 Å². The minimum absolute atomic E-state index is 0.355. The summed E-state index contributed by atoms with van der Waals surface area (Å²) in [7, 11) is 0. The summed E-state index contributed by atoms with van der Waals surface area (Å²) in [4.78, 5) is 11.2. The van der Waals surface area contributed by atoms with Crippen molar-refractivity contribution in [2.24, 2.45) is 0 Å². The van der Waals surface area contributed by atoms with Crippen LogP contribution in [0.4, 0.5) is 5.82 Å². The third-order valence-corrected chi connectivity index (χ3v) is 5.51. The molecule has 3 nitrogen and oxygen atoms in total. The van der Waals surface area contributed by atoms with Gasteiger partial charge in [0.05, 0.1) is 5.39 Å². The molecule has 0 bridgehead atoms. The second-order valence-electron chi connectivity index (χ2n) is 5.28. The predicted octanol–water partition coefficient (Wildman–Crippen LogP) is 4.27. The Labute approximate surface area is 122 Å². The van der Waals surface area contributed by atoms with Crippen molar-refractivity contribution in [1.82, 2.24) is 9.97 Å². The average Bonchev–Trinajstić information content (AvgIpc) is 2.69. The lowest BCUT2D eigenvalue weighted by Gasteiger charge is -2.26. The van der Waals surface area contributed by atoms with Gasteiger partial charge in [-0.05, 0) is 45.1 Å². The highest BCUT2D eigenvalue weighted by atomic mass is 35.5. The molecule has 0 spiro atoms. The van der Waals surface area contributed by atoms with Gasteiger partial charge < -0.3 is 5.32 Å². The molecule has 1 aliphatic rings. The summed E-state index contributed by atoms with van der Waals surface area (Å²) in [6.45, 7) is 4.29. The van der Waals surface area contributed by atoms with Crippen molar-refractivity contribution >= 4 is 39.0 Å². The van der Waals surface area contributed by atoms with Crippen LogP contribution in [0.2, 0.25) is 0 Å². The van der Waals surface area contributed by atoms with Crippen molar-refractivity contribution < 1.29 is 0 Å². The van der Waals surface area contributed by atoms with Gasteiger partial charge in [-0.15, -0.1) is 22.9 Å². The Morgan fingerprint density at radius 3 is 2.68 bits per heavy atom. The molecule has 2 aromatic rings. The quantitative estimate of drug-likeness (QED) is 0.841. The number of fused-ring (bicyclic) bond motifs is 1. The van der Waals surface area contributed by atoms with Gasteiger partial charge in [0, 0.05) is 16.3 Å². The molecule has 2 heterocycles. The number of anilines is 1. The molecule has 0 aromatic carbocycles. The van der Waals surface area contributed by atoms with Gasteiger partial charge >= 0.3 is 0 Å². The number of halogens is 1. The van der Waals surface area contributed by atoms with Gasteiger partial charge in [0.2, 0.25) is 0 Å². The summed E-state index contributed by atoms with van der Waals surface area (Å²) in [5, 5.41) is 5.14. The van der Waals surface area contributed by atoms with Crippen LogP contribution < -0.4 is 5.32 Å². The number of thiophene rings is 1. The Bertz CT molecular complexity index is 588. The molecule has 5 heteroatoms. The van der Waals surface area contributed by atoms with Crippen molar-refractivity contribution in [3.63, 3.8) is 0 Å². The van der Waals surface area contributed by atoms with Gasteiger partial charge in [-0.25, -0.2) is 9.97 Å². The Morgan fingerprint density at radius 1 is 1.21 bits per heavy atom. The van der Waals surface area contributed by atoms with E-state index >= 15 is 0 Å². The maximum atomic E-state index is 6.16. The smallest absolute Gasteiger partial charge is 0.138 e. The summed E-state index contributed by atoms with van der Waals surface area (Å²) in [5.41, 5.74) is 1.30. The van der Waals surface area contributed by atoms with Crippen molar-refractivity contribution in [1.29, 1.82) is 0 Å². The van der Waals surface area contributed by atoms with E-state index in [-0.39, 0.29) is 0 Å². The van der Waals surface area contributed by atoms with Gasteiger partial charge in [0.1, 0.15) is 17.0 Å². The zero-order valence-electron chi connectivity index (χ0n) is 11.2. The number of hydrogen-bond donors (Lipinski definition) is 1. The highest BCUT2D eigenvalue weighted by Gasteiger charge is 2.21. The zero-order valence-corrected chi connectivity index (χ0v) is 12.8. The van der Waals surface area contributed by atoms with Gasteiger partial charge in [0.15, 0.2) is 0 Å². The van der Waals surface area contributed by atoms with E-state index in [0.717, 1.165) is 36.3 Å². The predicted molar refractivity (Wildman–Crippen MR) is 82.4 cm³/mol. The van der Waals surface area contributed by atoms with E-state index < -0.39 is 0 Å². The molecule has 0 radical (unpaired) electrons. The molecule has 3 rings (SSSR count). The molecule has 1 saturated carbocycles.